The van der Waals surface area contributed by atoms with E-state index >= 15 is 0 Å². The molecule has 0 saturated heterocycles. The second-order valence-electron chi connectivity index (χ2n) is 7.31. The van der Waals surface area contributed by atoms with Crippen LogP contribution in [0.5, 0.6) is 0 Å². The van der Waals surface area contributed by atoms with E-state index in [4.69, 9.17) is 0 Å². The lowest BCUT2D eigenvalue weighted by molar-refractivity contribution is 0.102. The first-order valence-corrected chi connectivity index (χ1v) is 13.0. The Morgan fingerprint density at radius 1 is 1.10 bits per heavy atom. The molecule has 1 amide bonds. The van der Waals surface area contributed by atoms with Gasteiger partial charge in [0.05, 0.1) is 15.5 Å². The van der Waals surface area contributed by atoms with E-state index in [1.807, 2.05) is 22.9 Å². The summed E-state index contributed by atoms with van der Waals surface area (Å²) in [5.41, 5.74) is 1.22. The highest BCUT2D eigenvalue weighted by atomic mass is 32.2. The third-order valence-electron chi connectivity index (χ3n) is 5.38. The topological polar surface area (TPSA) is 79.4 Å². The molecular weight excluding hydrogens is 438 g/mol. The van der Waals surface area contributed by atoms with Crippen molar-refractivity contribution in [1.29, 1.82) is 0 Å². The zero-order valence-corrected chi connectivity index (χ0v) is 19.0. The summed E-state index contributed by atoms with van der Waals surface area (Å²) in [5, 5.41) is 7.18. The molecule has 1 aliphatic carbocycles. The fraction of sp³-hybridized carbons (Fsp3) is 0.333. The molecule has 6 nitrogen and oxygen atoms in total. The van der Waals surface area contributed by atoms with Gasteiger partial charge >= 0.3 is 0 Å². The Kier molecular flexibility index (Phi) is 6.33. The number of benzene rings is 1. The number of aromatic nitrogens is 1. The van der Waals surface area contributed by atoms with Crippen LogP contribution in [0.15, 0.2) is 52.1 Å². The van der Waals surface area contributed by atoms with Crippen molar-refractivity contribution in [2.45, 2.75) is 43.0 Å². The number of thiophene rings is 1. The number of nitrogens with one attached hydrogen (secondary N) is 1. The first-order chi connectivity index (χ1) is 14.4. The molecule has 1 aliphatic rings. The van der Waals surface area contributed by atoms with Crippen LogP contribution in [0.3, 0.4) is 0 Å². The average Bonchev–Trinajstić information content (AvgIpc) is 3.46. The molecule has 1 N–H and O–H groups in total. The van der Waals surface area contributed by atoms with Gasteiger partial charge in [0.15, 0.2) is 5.13 Å². The lowest BCUT2D eigenvalue weighted by atomic mass is 9.96. The summed E-state index contributed by atoms with van der Waals surface area (Å²) in [4.78, 5) is 18.2. The zero-order chi connectivity index (χ0) is 21.1. The number of nitrogens with zero attached hydrogens (tertiary/aromatic N) is 2. The van der Waals surface area contributed by atoms with E-state index in [1.165, 1.54) is 34.2 Å². The molecule has 2 heterocycles. The first kappa shape index (κ1) is 21.2. The summed E-state index contributed by atoms with van der Waals surface area (Å²) in [6, 6.07) is 10.1. The molecule has 0 atom stereocenters. The second kappa shape index (κ2) is 8.97. The van der Waals surface area contributed by atoms with E-state index in [0.29, 0.717) is 10.7 Å². The van der Waals surface area contributed by atoms with Crippen molar-refractivity contribution in [3.63, 3.8) is 0 Å². The van der Waals surface area contributed by atoms with Crippen molar-refractivity contribution in [1.82, 2.24) is 9.29 Å². The molecule has 1 saturated carbocycles. The van der Waals surface area contributed by atoms with Crippen molar-refractivity contribution in [2.24, 2.45) is 0 Å². The van der Waals surface area contributed by atoms with Gasteiger partial charge in [0.25, 0.3) is 5.91 Å². The lowest BCUT2D eigenvalue weighted by Gasteiger charge is -2.30. The quantitative estimate of drug-likeness (QED) is 0.555. The standard InChI is InChI=1S/C21H23N3O3S3/c1-24(16-6-3-2-4-7-16)30(26,27)17-11-9-15(10-12-17)20(25)23-21-22-18(14-29-21)19-8-5-13-28-19/h5,8-14,16H,2-4,6-7H2,1H3,(H,22,23,25). The highest BCUT2D eigenvalue weighted by Crippen LogP contribution is 2.29. The molecule has 4 rings (SSSR count). The molecule has 0 aliphatic heterocycles. The lowest BCUT2D eigenvalue weighted by Crippen LogP contribution is -2.38. The molecule has 9 heteroatoms. The van der Waals surface area contributed by atoms with Crippen LogP contribution in [0, 0.1) is 0 Å². The smallest absolute Gasteiger partial charge is 0.257 e. The van der Waals surface area contributed by atoms with Gasteiger partial charge in [-0.15, -0.1) is 22.7 Å². The number of rotatable bonds is 6. The van der Waals surface area contributed by atoms with E-state index in [-0.39, 0.29) is 16.8 Å². The molecule has 0 radical (unpaired) electrons. The number of amides is 1. The van der Waals surface area contributed by atoms with Crippen molar-refractivity contribution in [2.75, 3.05) is 12.4 Å². The molecule has 0 spiro atoms. The number of hydrogen-bond acceptors (Lipinski definition) is 6. The predicted molar refractivity (Wildman–Crippen MR) is 122 cm³/mol. The van der Waals surface area contributed by atoms with Crippen molar-refractivity contribution in [3.05, 3.63) is 52.7 Å². The minimum atomic E-state index is -3.57. The summed E-state index contributed by atoms with van der Waals surface area (Å²) >= 11 is 2.95. The average molecular weight is 462 g/mol. The Morgan fingerprint density at radius 2 is 1.83 bits per heavy atom. The number of hydrogen-bond donors (Lipinski definition) is 1. The molecule has 158 valence electrons. The third-order valence-corrected chi connectivity index (χ3v) is 8.96. The highest BCUT2D eigenvalue weighted by Gasteiger charge is 2.29. The minimum absolute atomic E-state index is 0.0502. The number of carbonyl (C=O) groups excluding carboxylic acids is 1. The molecule has 3 aromatic rings. The van der Waals surface area contributed by atoms with E-state index < -0.39 is 10.0 Å². The maximum atomic E-state index is 12.9. The Bertz CT molecular complexity index is 1100. The number of anilines is 1. The van der Waals surface area contributed by atoms with Crippen LogP contribution in [-0.4, -0.2) is 36.7 Å². The van der Waals surface area contributed by atoms with Gasteiger partial charge in [-0.3, -0.25) is 10.1 Å². The maximum absolute atomic E-state index is 12.9. The van der Waals surface area contributed by atoms with Crippen molar-refractivity contribution >= 4 is 43.7 Å². The fourth-order valence-electron chi connectivity index (χ4n) is 3.62. The molecule has 0 bridgehead atoms. The van der Waals surface area contributed by atoms with Gasteiger partial charge in [-0.1, -0.05) is 25.3 Å². The number of carbonyl (C=O) groups is 1. The van der Waals surface area contributed by atoms with Gasteiger partial charge in [-0.2, -0.15) is 4.31 Å². The predicted octanol–water partition coefficient (Wildman–Crippen LogP) is 5.08. The normalized spacial score (nSPS) is 15.4. The van der Waals surface area contributed by atoms with Gasteiger partial charge in [-0.25, -0.2) is 13.4 Å². The van der Waals surface area contributed by atoms with Gasteiger partial charge < -0.3 is 0 Å². The third kappa shape index (κ3) is 4.49. The Morgan fingerprint density at radius 3 is 2.50 bits per heavy atom. The van der Waals surface area contributed by atoms with Crippen molar-refractivity contribution < 1.29 is 13.2 Å². The molecule has 1 aromatic carbocycles. The van der Waals surface area contributed by atoms with Crippen LogP contribution >= 0.6 is 22.7 Å². The van der Waals surface area contributed by atoms with Crippen LogP contribution in [-0.2, 0) is 10.0 Å². The first-order valence-electron chi connectivity index (χ1n) is 9.84. The van der Waals surface area contributed by atoms with E-state index in [2.05, 4.69) is 10.3 Å². The molecular formula is C21H23N3O3S3. The summed E-state index contributed by atoms with van der Waals surface area (Å²) < 4.78 is 27.4. The summed E-state index contributed by atoms with van der Waals surface area (Å²) in [5.74, 6) is -0.313. The Hall–Kier alpha value is -2.07. The fourth-order valence-corrected chi connectivity index (χ4v) is 6.51. The van der Waals surface area contributed by atoms with E-state index in [1.54, 1.807) is 30.5 Å². The highest BCUT2D eigenvalue weighted by molar-refractivity contribution is 7.89. The molecule has 30 heavy (non-hydrogen) atoms. The Balaban J connectivity index is 1.44. The maximum Gasteiger partial charge on any atom is 0.257 e. The number of thiazole rings is 1. The van der Waals surface area contributed by atoms with E-state index in [0.717, 1.165) is 36.3 Å². The minimum Gasteiger partial charge on any atom is -0.298 e. The summed E-state index contributed by atoms with van der Waals surface area (Å²) in [6.07, 6.45) is 5.10. The second-order valence-corrected chi connectivity index (χ2v) is 11.1. The van der Waals surface area contributed by atoms with Crippen LogP contribution in [0.1, 0.15) is 42.5 Å². The Labute approximate surface area is 184 Å². The summed E-state index contributed by atoms with van der Waals surface area (Å²) in [6.45, 7) is 0. The van der Waals surface area contributed by atoms with Crippen molar-refractivity contribution in [3.8, 4) is 10.6 Å². The van der Waals surface area contributed by atoms with E-state index in [9.17, 15) is 13.2 Å². The summed E-state index contributed by atoms with van der Waals surface area (Å²) in [7, 11) is -1.92. The van der Waals surface area contributed by atoms with Crippen LogP contribution in [0.2, 0.25) is 0 Å². The molecule has 1 fully saturated rings. The van der Waals surface area contributed by atoms with Gasteiger partial charge in [0.2, 0.25) is 10.0 Å². The van der Waals surface area contributed by atoms with Crippen LogP contribution in [0.25, 0.3) is 10.6 Å². The zero-order valence-electron chi connectivity index (χ0n) is 16.6. The SMILES string of the molecule is CN(C1CCCCC1)S(=O)(=O)c1ccc(C(=O)Nc2nc(-c3cccs3)cs2)cc1. The van der Waals surface area contributed by atoms with Crippen LogP contribution < -0.4 is 5.32 Å². The van der Waals surface area contributed by atoms with Gasteiger partial charge in [0.1, 0.15) is 0 Å². The van der Waals surface area contributed by atoms with Crippen LogP contribution in [0.4, 0.5) is 5.13 Å². The molecule has 2 aromatic heterocycles. The molecule has 0 unspecified atom stereocenters. The monoisotopic (exact) mass is 461 g/mol. The largest absolute Gasteiger partial charge is 0.298 e. The van der Waals surface area contributed by atoms with Gasteiger partial charge in [0, 0.05) is 24.0 Å². The number of sulfonamides is 1. The van der Waals surface area contributed by atoms with Gasteiger partial charge in [-0.05, 0) is 48.6 Å².